The molecule has 0 saturated carbocycles. The van der Waals surface area contributed by atoms with Gasteiger partial charge in [-0.2, -0.15) is 0 Å². The van der Waals surface area contributed by atoms with Crippen LogP contribution in [0.1, 0.15) is 20.3 Å². The maximum atomic E-state index is 14.1. The average molecular weight is 410 g/mol. The van der Waals surface area contributed by atoms with Gasteiger partial charge in [0.15, 0.2) is 5.96 Å². The molecule has 1 aromatic rings. The lowest BCUT2D eigenvalue weighted by atomic mass is 10.1. The van der Waals surface area contributed by atoms with E-state index in [1.807, 2.05) is 6.92 Å². The first-order valence-corrected chi connectivity index (χ1v) is 10.6. The van der Waals surface area contributed by atoms with Crippen molar-refractivity contribution in [1.82, 2.24) is 15.5 Å². The number of nitrogens with one attached hydrogen (secondary N) is 2. The van der Waals surface area contributed by atoms with Crippen molar-refractivity contribution in [2.75, 3.05) is 63.9 Å². The third-order valence-electron chi connectivity index (χ3n) is 5.36. The summed E-state index contributed by atoms with van der Waals surface area (Å²) in [6, 6.07) is 4.11. The van der Waals surface area contributed by atoms with Crippen molar-refractivity contribution < 1.29 is 13.5 Å². The van der Waals surface area contributed by atoms with E-state index in [4.69, 9.17) is 9.73 Å². The summed E-state index contributed by atoms with van der Waals surface area (Å²) < 4.78 is 33.5. The number of morpholine rings is 1. The summed E-state index contributed by atoms with van der Waals surface area (Å²) >= 11 is 0. The predicted molar refractivity (Wildman–Crippen MR) is 113 cm³/mol. The first-order chi connectivity index (χ1) is 14.1. The van der Waals surface area contributed by atoms with Gasteiger partial charge in [0.1, 0.15) is 17.3 Å². The number of halogens is 2. The second kappa shape index (κ2) is 10.7. The van der Waals surface area contributed by atoms with Crippen LogP contribution < -0.4 is 15.5 Å². The van der Waals surface area contributed by atoms with Crippen molar-refractivity contribution in [2.24, 2.45) is 10.9 Å². The smallest absolute Gasteiger partial charge is 0.191 e. The van der Waals surface area contributed by atoms with Gasteiger partial charge in [0.2, 0.25) is 0 Å². The lowest BCUT2D eigenvalue weighted by molar-refractivity contribution is 0.0323. The Kier molecular flexibility index (Phi) is 8.06. The minimum absolute atomic E-state index is 0.0675. The maximum Gasteiger partial charge on any atom is 0.191 e. The normalized spacial score (nSPS) is 22.0. The number of anilines is 1. The molecule has 2 unspecified atom stereocenters. The molecule has 2 atom stereocenters. The molecular formula is C21H33F2N5O. The summed E-state index contributed by atoms with van der Waals surface area (Å²) in [6.45, 7) is 11.5. The third kappa shape index (κ3) is 6.27. The summed E-state index contributed by atoms with van der Waals surface area (Å²) in [4.78, 5) is 8.93. The number of ether oxygens (including phenoxy) is 1. The molecule has 2 heterocycles. The van der Waals surface area contributed by atoms with Gasteiger partial charge in [0.25, 0.3) is 0 Å². The second-order valence-corrected chi connectivity index (χ2v) is 7.88. The molecular weight excluding hydrogens is 376 g/mol. The molecule has 0 aliphatic carbocycles. The highest BCUT2D eigenvalue weighted by Gasteiger charge is 2.27. The van der Waals surface area contributed by atoms with Gasteiger partial charge in [0, 0.05) is 51.9 Å². The summed E-state index contributed by atoms with van der Waals surface area (Å²) in [7, 11) is 0. The monoisotopic (exact) mass is 409 g/mol. The molecule has 2 aliphatic heterocycles. The molecule has 0 spiro atoms. The molecule has 2 fully saturated rings. The van der Waals surface area contributed by atoms with Crippen LogP contribution in [-0.4, -0.2) is 75.9 Å². The molecule has 0 amide bonds. The van der Waals surface area contributed by atoms with E-state index in [1.54, 1.807) is 4.90 Å². The first-order valence-electron chi connectivity index (χ1n) is 10.6. The van der Waals surface area contributed by atoms with Crippen LogP contribution in [0, 0.1) is 17.6 Å². The Balaban J connectivity index is 1.52. The van der Waals surface area contributed by atoms with Gasteiger partial charge in [-0.15, -0.1) is 0 Å². The lowest BCUT2D eigenvalue weighted by Gasteiger charge is -2.28. The largest absolute Gasteiger partial charge is 0.379 e. The number of para-hydroxylation sites is 1. The van der Waals surface area contributed by atoms with E-state index in [9.17, 15) is 8.78 Å². The van der Waals surface area contributed by atoms with Crippen molar-refractivity contribution in [2.45, 2.75) is 26.3 Å². The first kappa shape index (κ1) is 21.8. The molecule has 0 aromatic heterocycles. The topological polar surface area (TPSA) is 52.1 Å². The Morgan fingerprint density at radius 3 is 2.66 bits per heavy atom. The fourth-order valence-corrected chi connectivity index (χ4v) is 3.92. The number of aliphatic imine (C=N–C) groups is 1. The van der Waals surface area contributed by atoms with Crippen LogP contribution in [0.15, 0.2) is 23.2 Å². The van der Waals surface area contributed by atoms with Crippen molar-refractivity contribution in [1.29, 1.82) is 0 Å². The molecule has 2 aliphatic rings. The predicted octanol–water partition coefficient (Wildman–Crippen LogP) is 2.07. The van der Waals surface area contributed by atoms with Gasteiger partial charge >= 0.3 is 0 Å². The Morgan fingerprint density at radius 1 is 1.24 bits per heavy atom. The molecule has 29 heavy (non-hydrogen) atoms. The van der Waals surface area contributed by atoms with E-state index in [2.05, 4.69) is 22.5 Å². The van der Waals surface area contributed by atoms with Crippen LogP contribution in [-0.2, 0) is 4.74 Å². The van der Waals surface area contributed by atoms with Gasteiger partial charge in [0.05, 0.1) is 13.2 Å². The summed E-state index contributed by atoms with van der Waals surface area (Å²) in [5.74, 6) is 0.185. The molecule has 2 saturated heterocycles. The number of guanidine groups is 1. The van der Waals surface area contributed by atoms with E-state index in [1.165, 1.54) is 18.2 Å². The fourth-order valence-electron chi connectivity index (χ4n) is 3.92. The molecule has 6 nitrogen and oxygen atoms in total. The molecule has 2 N–H and O–H groups in total. The fraction of sp³-hybridized carbons (Fsp3) is 0.667. The molecule has 0 bridgehead atoms. The van der Waals surface area contributed by atoms with Crippen LogP contribution in [0.4, 0.5) is 14.5 Å². The van der Waals surface area contributed by atoms with Crippen molar-refractivity contribution in [3.05, 3.63) is 29.8 Å². The van der Waals surface area contributed by atoms with E-state index in [-0.39, 0.29) is 11.7 Å². The quantitative estimate of drug-likeness (QED) is 0.533. The minimum atomic E-state index is -0.511. The number of benzene rings is 1. The number of nitrogens with zero attached hydrogens (tertiary/aromatic N) is 3. The van der Waals surface area contributed by atoms with Crippen LogP contribution in [0.2, 0.25) is 0 Å². The van der Waals surface area contributed by atoms with Gasteiger partial charge in [-0.25, -0.2) is 8.78 Å². The SMILES string of the molecule is CCNC(=NCC(C)CN1CCOCC1)NC1CCN(c2c(F)cccc2F)C1. The van der Waals surface area contributed by atoms with Gasteiger partial charge in [-0.3, -0.25) is 9.89 Å². The zero-order valence-electron chi connectivity index (χ0n) is 17.5. The van der Waals surface area contributed by atoms with Crippen molar-refractivity contribution >= 4 is 11.6 Å². The number of hydrogen-bond acceptors (Lipinski definition) is 4. The molecule has 1 aromatic carbocycles. The molecule has 0 radical (unpaired) electrons. The van der Waals surface area contributed by atoms with E-state index in [0.717, 1.165) is 58.3 Å². The van der Waals surface area contributed by atoms with E-state index < -0.39 is 11.6 Å². The Hall–Kier alpha value is -1.93. The zero-order chi connectivity index (χ0) is 20.6. The maximum absolute atomic E-state index is 14.1. The Labute approximate surface area is 172 Å². The second-order valence-electron chi connectivity index (χ2n) is 7.88. The van der Waals surface area contributed by atoms with Gasteiger partial charge in [-0.1, -0.05) is 13.0 Å². The summed E-state index contributed by atoms with van der Waals surface area (Å²) in [5.41, 5.74) is 0.0675. The Bertz CT molecular complexity index is 661. The lowest BCUT2D eigenvalue weighted by Crippen LogP contribution is -2.45. The summed E-state index contributed by atoms with van der Waals surface area (Å²) in [6.07, 6.45) is 0.807. The standard InChI is InChI=1S/C21H33F2N5O/c1-3-24-21(25-13-16(2)14-27-9-11-29-12-10-27)26-17-7-8-28(15-17)20-18(22)5-4-6-19(20)23/h4-6,16-17H,3,7-15H2,1-2H3,(H2,24,25,26). The van der Waals surface area contributed by atoms with E-state index in [0.29, 0.717) is 19.0 Å². The summed E-state index contributed by atoms with van der Waals surface area (Å²) in [5, 5.41) is 6.72. The molecule has 3 rings (SSSR count). The van der Waals surface area contributed by atoms with E-state index >= 15 is 0 Å². The van der Waals surface area contributed by atoms with Gasteiger partial charge < -0.3 is 20.3 Å². The molecule has 8 heteroatoms. The van der Waals surface area contributed by atoms with Gasteiger partial charge in [-0.05, 0) is 31.4 Å². The third-order valence-corrected chi connectivity index (χ3v) is 5.36. The highest BCUT2D eigenvalue weighted by Crippen LogP contribution is 2.26. The van der Waals surface area contributed by atoms with Crippen LogP contribution in [0.5, 0.6) is 0 Å². The average Bonchev–Trinajstić information content (AvgIpc) is 3.15. The minimum Gasteiger partial charge on any atom is -0.379 e. The highest BCUT2D eigenvalue weighted by molar-refractivity contribution is 5.80. The highest BCUT2D eigenvalue weighted by atomic mass is 19.1. The number of hydrogen-bond donors (Lipinski definition) is 2. The Morgan fingerprint density at radius 2 is 1.97 bits per heavy atom. The van der Waals surface area contributed by atoms with Crippen LogP contribution in [0.3, 0.4) is 0 Å². The van der Waals surface area contributed by atoms with Crippen LogP contribution in [0.25, 0.3) is 0 Å². The van der Waals surface area contributed by atoms with Crippen molar-refractivity contribution in [3.63, 3.8) is 0 Å². The molecule has 162 valence electrons. The number of rotatable bonds is 7. The zero-order valence-corrected chi connectivity index (χ0v) is 17.5. The van der Waals surface area contributed by atoms with Crippen LogP contribution >= 0.6 is 0 Å². The van der Waals surface area contributed by atoms with Crippen molar-refractivity contribution in [3.8, 4) is 0 Å².